The number of fused-ring (bicyclic) bond motifs is 1. The van der Waals surface area contributed by atoms with Crippen LogP contribution in [-0.2, 0) is 4.79 Å². The predicted octanol–water partition coefficient (Wildman–Crippen LogP) is 2.46. The Kier molecular flexibility index (Phi) is 6.46. The van der Waals surface area contributed by atoms with Crippen LogP contribution in [0.4, 0.5) is 11.5 Å². The smallest absolute Gasteiger partial charge is 0.246 e. The molecule has 2 aliphatic heterocycles. The number of aromatic nitrogens is 2. The van der Waals surface area contributed by atoms with Crippen LogP contribution < -0.4 is 21.1 Å². The quantitative estimate of drug-likeness (QED) is 0.518. The number of nitrogens with zero attached hydrogens (tertiary/aromatic N) is 3. The Morgan fingerprint density at radius 3 is 2.63 bits per heavy atom. The zero-order chi connectivity index (χ0) is 24.6. The molecule has 35 heavy (non-hydrogen) atoms. The molecule has 0 spiro atoms. The van der Waals surface area contributed by atoms with E-state index in [-0.39, 0.29) is 11.9 Å². The lowest BCUT2D eigenvalue weighted by Gasteiger charge is -2.32. The van der Waals surface area contributed by atoms with Crippen LogP contribution >= 0.6 is 0 Å². The van der Waals surface area contributed by atoms with Crippen molar-refractivity contribution in [3.63, 3.8) is 0 Å². The number of hydrogen-bond donors (Lipinski definition) is 4. The minimum atomic E-state index is -0.635. The first kappa shape index (κ1) is 23.7. The first-order chi connectivity index (χ1) is 16.8. The second-order valence-corrected chi connectivity index (χ2v) is 10.4. The molecule has 3 heterocycles. The highest BCUT2D eigenvalue weighted by Crippen LogP contribution is 2.40. The maximum absolute atomic E-state index is 12.3. The third-order valence-corrected chi connectivity index (χ3v) is 7.45. The maximum Gasteiger partial charge on any atom is 0.246 e. The Hall–Kier alpha value is -3.04. The molecule has 1 saturated carbocycles. The number of nitrogens with two attached hydrogens (primary N) is 1. The van der Waals surface area contributed by atoms with Gasteiger partial charge in [-0.1, -0.05) is 24.3 Å². The largest absolute Gasteiger partial charge is 0.463 e. The van der Waals surface area contributed by atoms with Crippen molar-refractivity contribution in [2.24, 2.45) is 10.9 Å². The van der Waals surface area contributed by atoms with Gasteiger partial charge < -0.3 is 26.2 Å². The van der Waals surface area contributed by atoms with E-state index in [9.17, 15) is 9.90 Å². The lowest BCUT2D eigenvalue weighted by Crippen LogP contribution is -2.42. The molecule has 1 aliphatic carbocycles. The van der Waals surface area contributed by atoms with Crippen LogP contribution in [0.15, 0.2) is 35.6 Å². The summed E-state index contributed by atoms with van der Waals surface area (Å²) in [4.78, 5) is 25.3. The molecule has 9 nitrogen and oxygen atoms in total. The van der Waals surface area contributed by atoms with Gasteiger partial charge in [-0.05, 0) is 63.4 Å². The lowest BCUT2D eigenvalue weighted by atomic mass is 9.78. The van der Waals surface area contributed by atoms with Crippen LogP contribution in [0.3, 0.4) is 0 Å². The number of carbonyl (C=O) groups excluding carboxylic acids is 1. The van der Waals surface area contributed by atoms with Crippen molar-refractivity contribution < 1.29 is 14.6 Å². The number of aliphatic hydroxyl groups is 1. The highest BCUT2D eigenvalue weighted by Gasteiger charge is 2.35. The zero-order valence-corrected chi connectivity index (χ0v) is 20.3. The number of anilines is 1. The van der Waals surface area contributed by atoms with Crippen molar-refractivity contribution in [3.8, 4) is 5.88 Å². The highest BCUT2D eigenvalue weighted by atomic mass is 16.5. The van der Waals surface area contributed by atoms with Gasteiger partial charge in [-0.25, -0.2) is 9.98 Å². The topological polar surface area (TPSA) is 135 Å². The summed E-state index contributed by atoms with van der Waals surface area (Å²) in [7, 11) is 0. The van der Waals surface area contributed by atoms with Gasteiger partial charge in [0.25, 0.3) is 0 Å². The Bertz CT molecular complexity index is 1110. The Morgan fingerprint density at radius 1 is 1.20 bits per heavy atom. The summed E-state index contributed by atoms with van der Waals surface area (Å²) < 4.78 is 6.09. The molecule has 0 unspecified atom stereocenters. The number of carbonyl (C=O) groups is 1. The molecule has 1 aromatic carbocycles. The number of aliphatic hydroxyl groups excluding tert-OH is 1. The van der Waals surface area contributed by atoms with Crippen molar-refractivity contribution in [1.82, 2.24) is 20.6 Å². The average Bonchev–Trinajstić information content (AvgIpc) is 3.29. The molecule has 1 aromatic heterocycles. The third kappa shape index (κ3) is 5.01. The normalized spacial score (nSPS) is 27.5. The van der Waals surface area contributed by atoms with Crippen LogP contribution in [0.2, 0.25) is 0 Å². The summed E-state index contributed by atoms with van der Waals surface area (Å²) in [6.45, 7) is 5.16. The number of aliphatic imine (C=N–C) groups is 1. The van der Waals surface area contributed by atoms with Gasteiger partial charge in [0.1, 0.15) is 11.9 Å². The number of benzene rings is 1. The summed E-state index contributed by atoms with van der Waals surface area (Å²) in [6, 6.07) is 8.34. The lowest BCUT2D eigenvalue weighted by molar-refractivity contribution is -0.123. The van der Waals surface area contributed by atoms with Crippen molar-refractivity contribution in [2.75, 3.05) is 18.8 Å². The summed E-state index contributed by atoms with van der Waals surface area (Å²) >= 11 is 0. The fourth-order valence-corrected chi connectivity index (χ4v) is 5.40. The molecule has 0 radical (unpaired) electrons. The van der Waals surface area contributed by atoms with Crippen LogP contribution in [-0.4, -0.2) is 57.5 Å². The molecule has 0 bridgehead atoms. The first-order valence-electron chi connectivity index (χ1n) is 12.5. The van der Waals surface area contributed by atoms with E-state index in [1.165, 1.54) is 11.9 Å². The molecule has 2 aromatic rings. The number of amides is 1. The van der Waals surface area contributed by atoms with E-state index in [1.807, 2.05) is 13.8 Å². The van der Waals surface area contributed by atoms with E-state index >= 15 is 0 Å². The van der Waals surface area contributed by atoms with Crippen molar-refractivity contribution >= 4 is 23.1 Å². The van der Waals surface area contributed by atoms with Gasteiger partial charge in [-0.3, -0.25) is 4.79 Å². The monoisotopic (exact) mass is 478 g/mol. The van der Waals surface area contributed by atoms with Crippen molar-refractivity contribution in [1.29, 1.82) is 0 Å². The Morgan fingerprint density at radius 2 is 1.94 bits per heavy atom. The summed E-state index contributed by atoms with van der Waals surface area (Å²) in [5.74, 6) is 1.75. The third-order valence-electron chi connectivity index (χ3n) is 7.45. The van der Waals surface area contributed by atoms with Crippen LogP contribution in [0, 0.1) is 5.92 Å². The van der Waals surface area contributed by atoms with Gasteiger partial charge in [-0.15, -0.1) is 0 Å². The SMILES string of the molecule is CC1(C)Oc2ncnc(N)c2N=C1c1ccc(C2CCC(CNC(=O)[C@@H]3C[C@@H](O)CN3)CC2)cc1. The molecule has 2 fully saturated rings. The van der Waals surface area contributed by atoms with Gasteiger partial charge in [0.2, 0.25) is 11.8 Å². The van der Waals surface area contributed by atoms with Gasteiger partial charge in [0.15, 0.2) is 11.5 Å². The minimum absolute atomic E-state index is 0.00716. The summed E-state index contributed by atoms with van der Waals surface area (Å²) in [6.07, 6.45) is 5.87. The van der Waals surface area contributed by atoms with Gasteiger partial charge in [0, 0.05) is 18.7 Å². The second-order valence-electron chi connectivity index (χ2n) is 10.4. The maximum atomic E-state index is 12.3. The highest BCUT2D eigenvalue weighted by molar-refractivity contribution is 6.09. The van der Waals surface area contributed by atoms with Gasteiger partial charge >= 0.3 is 0 Å². The summed E-state index contributed by atoms with van der Waals surface area (Å²) in [5, 5.41) is 15.8. The average molecular weight is 479 g/mol. The summed E-state index contributed by atoms with van der Waals surface area (Å²) in [5.41, 5.74) is 8.99. The van der Waals surface area contributed by atoms with Crippen LogP contribution in [0.25, 0.3) is 0 Å². The number of ether oxygens (including phenoxy) is 1. The minimum Gasteiger partial charge on any atom is -0.463 e. The van der Waals surface area contributed by atoms with E-state index in [2.05, 4.69) is 44.9 Å². The van der Waals surface area contributed by atoms with Gasteiger partial charge in [0.05, 0.1) is 17.9 Å². The number of β-amino-alcohol motifs (C(OH)–C–C–N with tert-alkyl or cyclic N) is 1. The fraction of sp³-hybridized carbons (Fsp3) is 0.538. The molecular formula is C26H34N6O3. The molecule has 5 N–H and O–H groups in total. The molecular weight excluding hydrogens is 444 g/mol. The van der Waals surface area contributed by atoms with Gasteiger partial charge in [-0.2, -0.15) is 4.98 Å². The van der Waals surface area contributed by atoms with Crippen LogP contribution in [0.1, 0.15) is 63.0 Å². The Balaban J connectivity index is 1.19. The molecule has 2 atom stereocenters. The molecule has 9 heteroatoms. The molecule has 1 saturated heterocycles. The van der Waals surface area contributed by atoms with Crippen molar-refractivity contribution in [2.45, 2.75) is 69.6 Å². The van der Waals surface area contributed by atoms with E-state index in [0.717, 1.165) is 37.0 Å². The molecule has 3 aliphatic rings. The van der Waals surface area contributed by atoms with E-state index in [4.69, 9.17) is 15.5 Å². The van der Waals surface area contributed by atoms with E-state index in [0.29, 0.717) is 48.7 Å². The molecule has 186 valence electrons. The standard InChI is InChI=1S/C26H34N6O3/c1-26(2)22(32-21-23(27)30-14-31-25(21)35-26)18-9-7-17(8-10-18)16-5-3-15(4-6-16)12-29-24(34)20-11-19(33)13-28-20/h7-10,14-16,19-20,28,33H,3-6,11-13H2,1-2H3,(H,29,34)(H2,27,30,31)/t15?,16?,19-,20+/m1/s1. The van der Waals surface area contributed by atoms with E-state index in [1.54, 1.807) is 0 Å². The van der Waals surface area contributed by atoms with Crippen molar-refractivity contribution in [3.05, 3.63) is 41.7 Å². The molecule has 1 amide bonds. The van der Waals surface area contributed by atoms with Crippen LogP contribution in [0.5, 0.6) is 5.88 Å². The van der Waals surface area contributed by atoms with E-state index < -0.39 is 11.7 Å². The Labute approximate surface area is 205 Å². The predicted molar refractivity (Wildman–Crippen MR) is 134 cm³/mol. The number of rotatable bonds is 5. The zero-order valence-electron chi connectivity index (χ0n) is 20.3. The second kappa shape index (κ2) is 9.54. The number of nitrogen functional groups attached to an aromatic ring is 1. The first-order valence-corrected chi connectivity index (χ1v) is 12.5. The fourth-order valence-electron chi connectivity index (χ4n) is 5.40. The molecule has 5 rings (SSSR count). The number of nitrogens with one attached hydrogen (secondary N) is 2. The number of hydrogen-bond acceptors (Lipinski definition) is 8.